The molecule has 0 rings (SSSR count). The second kappa shape index (κ2) is 58.4. The van der Waals surface area contributed by atoms with Gasteiger partial charge in [-0.1, -0.05) is 322 Å². The van der Waals surface area contributed by atoms with Crippen LogP contribution in [0.2, 0.25) is 0 Å². The number of hydrogen-bond donors (Lipinski definition) is 3. The van der Waals surface area contributed by atoms with Crippen LogP contribution in [0.15, 0.2) is 0 Å². The van der Waals surface area contributed by atoms with E-state index >= 15 is 0 Å². The fourth-order valence-corrected chi connectivity index (χ4v) is 10.1. The van der Waals surface area contributed by atoms with Gasteiger partial charge in [0.1, 0.15) is 0 Å². The molecule has 6 nitrogen and oxygen atoms in total. The van der Waals surface area contributed by atoms with E-state index in [-0.39, 0.29) is 18.5 Å². The molecule has 0 saturated carbocycles. The molecule has 2 atom stereocenters. The monoisotopic (exact) mass is 962 g/mol. The third-order valence-electron chi connectivity index (χ3n) is 14.9. The van der Waals surface area contributed by atoms with Gasteiger partial charge in [-0.05, 0) is 25.7 Å². The maximum Gasteiger partial charge on any atom is 0.305 e. The molecule has 0 bridgehead atoms. The van der Waals surface area contributed by atoms with Crippen LogP contribution >= 0.6 is 0 Å². The Labute approximate surface area is 426 Å². The second-order valence-corrected chi connectivity index (χ2v) is 21.8. The summed E-state index contributed by atoms with van der Waals surface area (Å²) < 4.78 is 5.47. The van der Waals surface area contributed by atoms with Crippen LogP contribution in [0, 0.1) is 0 Å². The van der Waals surface area contributed by atoms with Gasteiger partial charge in [-0.3, -0.25) is 9.59 Å². The number of aliphatic hydroxyl groups is 2. The Bertz CT molecular complexity index is 975. The molecule has 0 aliphatic carbocycles. The first-order chi connectivity index (χ1) is 33.5. The Kier molecular flexibility index (Phi) is 57.5. The molecular weight excluding hydrogens is 839 g/mol. The molecule has 0 aliphatic heterocycles. The minimum Gasteiger partial charge on any atom is -0.466 e. The molecule has 0 radical (unpaired) electrons. The molecule has 406 valence electrons. The molecule has 68 heavy (non-hydrogen) atoms. The molecule has 0 saturated heterocycles. The lowest BCUT2D eigenvalue weighted by atomic mass is 10.0. The molecule has 0 aromatic carbocycles. The number of esters is 1. The van der Waals surface area contributed by atoms with Crippen molar-refractivity contribution in [2.45, 2.75) is 373 Å². The van der Waals surface area contributed by atoms with Crippen LogP contribution in [0.5, 0.6) is 0 Å². The van der Waals surface area contributed by atoms with E-state index in [4.69, 9.17) is 4.74 Å². The van der Waals surface area contributed by atoms with Crippen LogP contribution in [0.3, 0.4) is 0 Å². The smallest absolute Gasteiger partial charge is 0.305 e. The highest BCUT2D eigenvalue weighted by Crippen LogP contribution is 2.19. The number of carbonyl (C=O) groups excluding carboxylic acids is 2. The van der Waals surface area contributed by atoms with E-state index in [0.29, 0.717) is 25.9 Å². The highest BCUT2D eigenvalue weighted by atomic mass is 16.5. The van der Waals surface area contributed by atoms with E-state index in [0.717, 1.165) is 38.5 Å². The number of nitrogens with one attached hydrogen (secondary N) is 1. The number of carbonyl (C=O) groups is 2. The summed E-state index contributed by atoms with van der Waals surface area (Å²) in [5.41, 5.74) is 0. The Morgan fingerprint density at radius 3 is 0.897 bits per heavy atom. The number of unbranched alkanes of at least 4 members (excludes halogenated alkanes) is 48. The molecule has 0 aliphatic rings. The summed E-state index contributed by atoms with van der Waals surface area (Å²) in [5.74, 6) is -0.0209. The lowest BCUT2D eigenvalue weighted by Crippen LogP contribution is -2.45. The van der Waals surface area contributed by atoms with Crippen LogP contribution in [0.4, 0.5) is 0 Å². The van der Waals surface area contributed by atoms with Gasteiger partial charge in [-0.25, -0.2) is 0 Å². The van der Waals surface area contributed by atoms with Crippen molar-refractivity contribution in [2.75, 3.05) is 13.2 Å². The average molecular weight is 963 g/mol. The van der Waals surface area contributed by atoms with Crippen LogP contribution < -0.4 is 5.32 Å². The van der Waals surface area contributed by atoms with Crippen LogP contribution in [-0.4, -0.2) is 47.4 Å². The third-order valence-corrected chi connectivity index (χ3v) is 14.9. The highest BCUT2D eigenvalue weighted by molar-refractivity contribution is 5.76. The van der Waals surface area contributed by atoms with Crippen LogP contribution in [0.25, 0.3) is 0 Å². The zero-order valence-corrected chi connectivity index (χ0v) is 46.4. The van der Waals surface area contributed by atoms with Crippen molar-refractivity contribution in [3.63, 3.8) is 0 Å². The van der Waals surface area contributed by atoms with Gasteiger partial charge in [-0.15, -0.1) is 0 Å². The maximum absolute atomic E-state index is 12.5. The van der Waals surface area contributed by atoms with Crippen molar-refractivity contribution in [3.8, 4) is 0 Å². The summed E-state index contributed by atoms with van der Waals surface area (Å²) in [7, 11) is 0. The quantitative estimate of drug-likeness (QED) is 0.0417. The minimum absolute atomic E-state index is 0.0115. The summed E-state index contributed by atoms with van der Waals surface area (Å²) in [6, 6.07) is -0.542. The molecule has 0 aromatic rings. The predicted octanol–water partition coefficient (Wildman–Crippen LogP) is 19.5. The zero-order chi connectivity index (χ0) is 49.3. The van der Waals surface area contributed by atoms with E-state index in [1.54, 1.807) is 0 Å². The average Bonchev–Trinajstić information content (AvgIpc) is 3.34. The normalized spacial score (nSPS) is 12.5. The van der Waals surface area contributed by atoms with E-state index in [2.05, 4.69) is 19.2 Å². The summed E-state index contributed by atoms with van der Waals surface area (Å²) in [4.78, 5) is 24.5. The van der Waals surface area contributed by atoms with Gasteiger partial charge >= 0.3 is 5.97 Å². The number of aliphatic hydroxyl groups excluding tert-OH is 2. The maximum atomic E-state index is 12.5. The fourth-order valence-electron chi connectivity index (χ4n) is 10.1. The van der Waals surface area contributed by atoms with Gasteiger partial charge in [0.25, 0.3) is 0 Å². The molecule has 0 aromatic heterocycles. The van der Waals surface area contributed by atoms with Crippen LogP contribution in [0.1, 0.15) is 361 Å². The molecule has 0 spiro atoms. The van der Waals surface area contributed by atoms with Gasteiger partial charge in [0.05, 0.1) is 25.4 Å². The standard InChI is InChI=1S/C62H123NO5/c1-3-5-7-9-11-13-15-16-17-18-19-22-25-28-31-35-38-42-46-50-54-60(65)59(58-64)63-61(66)55-51-47-43-39-36-32-29-26-23-20-21-24-27-30-33-37-41-45-49-53-57-68-62(67)56-52-48-44-40-34-14-12-10-8-6-4-2/h59-60,64-65H,3-58H2,1-2H3,(H,63,66). The van der Waals surface area contributed by atoms with E-state index < -0.39 is 12.1 Å². The molecular formula is C62H123NO5. The summed E-state index contributed by atoms with van der Waals surface area (Å²) in [6.07, 6.45) is 68.2. The molecule has 3 N–H and O–H groups in total. The minimum atomic E-state index is -0.665. The van der Waals surface area contributed by atoms with Crippen molar-refractivity contribution < 1.29 is 24.5 Å². The molecule has 1 amide bonds. The van der Waals surface area contributed by atoms with Gasteiger partial charge in [0.2, 0.25) is 5.91 Å². The topological polar surface area (TPSA) is 95.9 Å². The molecule has 2 unspecified atom stereocenters. The van der Waals surface area contributed by atoms with Gasteiger partial charge in [-0.2, -0.15) is 0 Å². The highest BCUT2D eigenvalue weighted by Gasteiger charge is 2.20. The predicted molar refractivity (Wildman–Crippen MR) is 297 cm³/mol. The number of ether oxygens (including phenoxy) is 1. The van der Waals surface area contributed by atoms with Gasteiger partial charge < -0.3 is 20.3 Å². The number of hydrogen-bond acceptors (Lipinski definition) is 5. The number of rotatable bonds is 59. The number of amides is 1. The summed E-state index contributed by atoms with van der Waals surface area (Å²) in [6.45, 7) is 4.98. The fraction of sp³-hybridized carbons (Fsp3) is 0.968. The zero-order valence-electron chi connectivity index (χ0n) is 46.4. The van der Waals surface area contributed by atoms with Crippen molar-refractivity contribution in [1.82, 2.24) is 5.32 Å². The van der Waals surface area contributed by atoms with Crippen molar-refractivity contribution >= 4 is 11.9 Å². The van der Waals surface area contributed by atoms with Crippen molar-refractivity contribution in [3.05, 3.63) is 0 Å². The Balaban J connectivity index is 3.39. The van der Waals surface area contributed by atoms with Crippen molar-refractivity contribution in [2.24, 2.45) is 0 Å². The van der Waals surface area contributed by atoms with Gasteiger partial charge in [0, 0.05) is 12.8 Å². The van der Waals surface area contributed by atoms with Crippen LogP contribution in [-0.2, 0) is 14.3 Å². The van der Waals surface area contributed by atoms with E-state index in [1.165, 1.54) is 289 Å². The Hall–Kier alpha value is -1.14. The Morgan fingerprint density at radius 1 is 0.353 bits per heavy atom. The summed E-state index contributed by atoms with van der Waals surface area (Å²) >= 11 is 0. The second-order valence-electron chi connectivity index (χ2n) is 21.8. The molecule has 6 heteroatoms. The van der Waals surface area contributed by atoms with E-state index in [1.807, 2.05) is 0 Å². The molecule has 0 heterocycles. The Morgan fingerprint density at radius 2 is 0.603 bits per heavy atom. The third kappa shape index (κ3) is 54.2. The first-order valence-corrected chi connectivity index (χ1v) is 31.3. The van der Waals surface area contributed by atoms with Crippen molar-refractivity contribution in [1.29, 1.82) is 0 Å². The SMILES string of the molecule is CCCCCCCCCCCCCCCCCCCCCCC(O)C(CO)NC(=O)CCCCCCCCCCCCCCCCCCCCCCOC(=O)CCCCCCCCCCCCC. The lowest BCUT2D eigenvalue weighted by Gasteiger charge is -2.22. The largest absolute Gasteiger partial charge is 0.466 e. The van der Waals surface area contributed by atoms with E-state index in [9.17, 15) is 19.8 Å². The first kappa shape index (κ1) is 66.9. The first-order valence-electron chi connectivity index (χ1n) is 31.3. The summed E-state index contributed by atoms with van der Waals surface area (Å²) in [5, 5.41) is 23.4. The lowest BCUT2D eigenvalue weighted by molar-refractivity contribution is -0.143. The van der Waals surface area contributed by atoms with Gasteiger partial charge in [0.15, 0.2) is 0 Å². The molecule has 0 fully saturated rings.